The van der Waals surface area contributed by atoms with E-state index in [1.165, 1.54) is 0 Å². The second-order valence-corrected chi connectivity index (χ2v) is 8.42. The minimum atomic E-state index is 0.520. The molecule has 4 aromatic rings. The van der Waals surface area contributed by atoms with E-state index in [1.807, 2.05) is 24.4 Å². The number of pyridine rings is 2. The molecule has 0 bridgehead atoms. The number of rotatable bonds is 3. The van der Waals surface area contributed by atoms with Crippen molar-refractivity contribution in [3.05, 3.63) is 67.3 Å². The van der Waals surface area contributed by atoms with E-state index < -0.39 is 0 Å². The monoisotopic (exact) mass is 409 g/mol. The summed E-state index contributed by atoms with van der Waals surface area (Å²) >= 11 is 0. The molecule has 0 radical (unpaired) electrons. The molecule has 2 saturated heterocycles. The van der Waals surface area contributed by atoms with Crippen LogP contribution in [0.2, 0.25) is 0 Å². The summed E-state index contributed by atoms with van der Waals surface area (Å²) in [4.78, 5) is 22.7. The van der Waals surface area contributed by atoms with Crippen LogP contribution in [0.1, 0.15) is 0 Å². The lowest BCUT2D eigenvalue weighted by molar-refractivity contribution is 0.533. The minimum Gasteiger partial charge on any atom is -0.384 e. The number of nitrogens with two attached hydrogens (primary N) is 1. The first-order chi connectivity index (χ1) is 15.2. The van der Waals surface area contributed by atoms with E-state index in [4.69, 9.17) is 10.7 Å². The van der Waals surface area contributed by atoms with Crippen molar-refractivity contribution in [2.24, 2.45) is 11.8 Å². The molecular weight excluding hydrogens is 386 g/mol. The molecule has 3 aromatic heterocycles. The molecule has 5 heterocycles. The van der Waals surface area contributed by atoms with Crippen LogP contribution in [-0.4, -0.2) is 46.1 Å². The molecule has 2 aliphatic heterocycles. The number of fused-ring (bicyclic) bond motifs is 2. The first-order valence-electron chi connectivity index (χ1n) is 10.6. The highest BCUT2D eigenvalue weighted by Crippen LogP contribution is 2.37. The molecule has 2 fully saturated rings. The topological polar surface area (TPSA) is 84.1 Å². The van der Waals surface area contributed by atoms with E-state index in [9.17, 15) is 0 Å². The number of nitrogen functional groups attached to an aromatic ring is 1. The maximum absolute atomic E-state index is 5.89. The Balaban J connectivity index is 1.29. The van der Waals surface area contributed by atoms with Crippen molar-refractivity contribution in [3.63, 3.8) is 0 Å². The van der Waals surface area contributed by atoms with Crippen molar-refractivity contribution in [1.82, 2.24) is 19.9 Å². The maximum atomic E-state index is 5.89. The predicted molar refractivity (Wildman–Crippen MR) is 123 cm³/mol. The summed E-state index contributed by atoms with van der Waals surface area (Å²) in [7, 11) is 0. The Bertz CT molecular complexity index is 1230. The molecule has 2 atom stereocenters. The van der Waals surface area contributed by atoms with Crippen molar-refractivity contribution < 1.29 is 0 Å². The SMILES string of the molecule is Nc1cc(-c2ccc3ncnc(N4C[C@H]5CN(c6ccccn6)C[C@H]5C4)c3c2)ccn1. The van der Waals surface area contributed by atoms with Gasteiger partial charge in [-0.2, -0.15) is 0 Å². The van der Waals surface area contributed by atoms with Gasteiger partial charge in [-0.15, -0.1) is 0 Å². The first kappa shape index (κ1) is 18.1. The van der Waals surface area contributed by atoms with Gasteiger partial charge in [-0.3, -0.25) is 0 Å². The zero-order valence-corrected chi connectivity index (χ0v) is 17.1. The fourth-order valence-corrected chi connectivity index (χ4v) is 5.00. The van der Waals surface area contributed by atoms with E-state index in [1.54, 1.807) is 12.5 Å². The Morgan fingerprint density at radius 1 is 0.742 bits per heavy atom. The highest BCUT2D eigenvalue weighted by molar-refractivity contribution is 5.93. The summed E-state index contributed by atoms with van der Waals surface area (Å²) in [5.74, 6) is 3.86. The zero-order valence-electron chi connectivity index (χ0n) is 17.1. The van der Waals surface area contributed by atoms with Crippen LogP contribution in [-0.2, 0) is 0 Å². The van der Waals surface area contributed by atoms with E-state index in [0.717, 1.165) is 59.8 Å². The van der Waals surface area contributed by atoms with Crippen LogP contribution in [0.3, 0.4) is 0 Å². The molecule has 2 aliphatic rings. The third-order valence-corrected chi connectivity index (χ3v) is 6.49. The van der Waals surface area contributed by atoms with Crippen molar-refractivity contribution in [2.45, 2.75) is 0 Å². The van der Waals surface area contributed by atoms with Gasteiger partial charge < -0.3 is 15.5 Å². The van der Waals surface area contributed by atoms with Gasteiger partial charge in [0.1, 0.15) is 23.8 Å². The lowest BCUT2D eigenvalue weighted by Gasteiger charge is -2.24. The van der Waals surface area contributed by atoms with Crippen LogP contribution in [0.5, 0.6) is 0 Å². The predicted octanol–water partition coefficient (Wildman–Crippen LogP) is 3.24. The molecule has 0 saturated carbocycles. The molecule has 0 spiro atoms. The molecule has 7 nitrogen and oxygen atoms in total. The molecule has 154 valence electrons. The molecule has 0 amide bonds. The molecule has 0 aliphatic carbocycles. The highest BCUT2D eigenvalue weighted by atomic mass is 15.3. The van der Waals surface area contributed by atoms with Gasteiger partial charge in [0.05, 0.1) is 5.52 Å². The molecule has 7 heteroatoms. The van der Waals surface area contributed by atoms with Gasteiger partial charge in [0.2, 0.25) is 0 Å². The third-order valence-electron chi connectivity index (χ3n) is 6.49. The Labute approximate surface area is 180 Å². The normalized spacial score (nSPS) is 20.4. The molecule has 2 N–H and O–H groups in total. The second-order valence-electron chi connectivity index (χ2n) is 8.42. The quantitative estimate of drug-likeness (QED) is 0.556. The molecular formula is C24H23N7. The van der Waals surface area contributed by atoms with Crippen LogP contribution in [0.25, 0.3) is 22.0 Å². The van der Waals surface area contributed by atoms with Gasteiger partial charge >= 0.3 is 0 Å². The summed E-state index contributed by atoms with van der Waals surface area (Å²) in [6.45, 7) is 4.10. The average Bonchev–Trinajstić information content (AvgIpc) is 3.38. The van der Waals surface area contributed by atoms with E-state index in [0.29, 0.717) is 17.7 Å². The largest absolute Gasteiger partial charge is 0.384 e. The second kappa shape index (κ2) is 7.19. The molecule has 1 aromatic carbocycles. The third kappa shape index (κ3) is 3.22. The van der Waals surface area contributed by atoms with Gasteiger partial charge in [0, 0.05) is 55.8 Å². The number of aromatic nitrogens is 4. The smallest absolute Gasteiger partial charge is 0.139 e. The molecule has 31 heavy (non-hydrogen) atoms. The van der Waals surface area contributed by atoms with Gasteiger partial charge in [0.15, 0.2) is 0 Å². The Morgan fingerprint density at radius 2 is 1.55 bits per heavy atom. The highest BCUT2D eigenvalue weighted by Gasteiger charge is 2.41. The number of benzene rings is 1. The lowest BCUT2D eigenvalue weighted by Crippen LogP contribution is -2.29. The maximum Gasteiger partial charge on any atom is 0.139 e. The van der Waals surface area contributed by atoms with E-state index in [-0.39, 0.29) is 0 Å². The van der Waals surface area contributed by atoms with E-state index in [2.05, 4.69) is 55.1 Å². The number of nitrogens with zero attached hydrogens (tertiary/aromatic N) is 6. The summed E-state index contributed by atoms with van der Waals surface area (Å²) < 4.78 is 0. The zero-order chi connectivity index (χ0) is 20.8. The van der Waals surface area contributed by atoms with Gasteiger partial charge in [0.25, 0.3) is 0 Å². The standard InChI is InChI=1S/C24H23N7/c25-22-10-17(6-8-26-22)16-4-5-21-20(9-16)24(29-15-28-21)31-13-18-11-30(12-19(18)14-31)23-3-1-2-7-27-23/h1-10,15,18-19H,11-14H2,(H2,25,26)/t18-,19+. The van der Waals surface area contributed by atoms with Gasteiger partial charge in [-0.1, -0.05) is 12.1 Å². The van der Waals surface area contributed by atoms with E-state index >= 15 is 0 Å². The molecule has 6 rings (SSSR count). The number of anilines is 3. The van der Waals surface area contributed by atoms with Crippen LogP contribution in [0.4, 0.5) is 17.5 Å². The minimum absolute atomic E-state index is 0.520. The Kier molecular flexibility index (Phi) is 4.19. The van der Waals surface area contributed by atoms with Gasteiger partial charge in [-0.05, 0) is 47.5 Å². The van der Waals surface area contributed by atoms with Crippen LogP contribution in [0, 0.1) is 11.8 Å². The van der Waals surface area contributed by atoms with Crippen LogP contribution >= 0.6 is 0 Å². The van der Waals surface area contributed by atoms with Gasteiger partial charge in [-0.25, -0.2) is 19.9 Å². The van der Waals surface area contributed by atoms with Crippen molar-refractivity contribution in [3.8, 4) is 11.1 Å². The summed E-state index contributed by atoms with van der Waals surface area (Å²) in [6.07, 6.45) is 5.29. The van der Waals surface area contributed by atoms with Crippen molar-refractivity contribution in [2.75, 3.05) is 41.7 Å². The summed E-state index contributed by atoms with van der Waals surface area (Å²) in [6, 6.07) is 16.3. The summed E-state index contributed by atoms with van der Waals surface area (Å²) in [5, 5.41) is 1.08. The number of hydrogen-bond donors (Lipinski definition) is 1. The Hall–Kier alpha value is -3.74. The Morgan fingerprint density at radius 3 is 2.32 bits per heavy atom. The molecule has 0 unspecified atom stereocenters. The fourth-order valence-electron chi connectivity index (χ4n) is 5.00. The number of hydrogen-bond acceptors (Lipinski definition) is 7. The van der Waals surface area contributed by atoms with Crippen molar-refractivity contribution in [1.29, 1.82) is 0 Å². The average molecular weight is 409 g/mol. The fraction of sp³-hybridized carbons (Fsp3) is 0.250. The summed E-state index contributed by atoms with van der Waals surface area (Å²) in [5.41, 5.74) is 9.00. The van der Waals surface area contributed by atoms with Crippen LogP contribution in [0.15, 0.2) is 67.3 Å². The lowest BCUT2D eigenvalue weighted by atomic mass is 10.0. The first-order valence-corrected chi connectivity index (χ1v) is 10.6. The van der Waals surface area contributed by atoms with Crippen molar-refractivity contribution >= 4 is 28.4 Å². The van der Waals surface area contributed by atoms with Crippen LogP contribution < -0.4 is 15.5 Å².